The van der Waals surface area contributed by atoms with Gasteiger partial charge in [-0.15, -0.1) is 0 Å². The molecule has 0 aromatic heterocycles. The van der Waals surface area contributed by atoms with Crippen LogP contribution in [0.5, 0.6) is 5.75 Å². The lowest BCUT2D eigenvalue weighted by Crippen LogP contribution is -2.40. The molecule has 4 nitrogen and oxygen atoms in total. The summed E-state index contributed by atoms with van der Waals surface area (Å²) in [4.78, 5) is 7.21. The highest BCUT2D eigenvalue weighted by atomic mass is 16.6. The summed E-state index contributed by atoms with van der Waals surface area (Å²) in [6.07, 6.45) is 2.31. The molecule has 1 aromatic rings. The van der Waals surface area contributed by atoms with Gasteiger partial charge < -0.3 is 9.64 Å². The minimum Gasteiger partial charge on any atom is -0.497 e. The van der Waals surface area contributed by atoms with Gasteiger partial charge in [0.2, 0.25) is 0 Å². The normalized spacial score (nSPS) is 20.9. The number of ether oxygens (including phenoxy) is 1. The van der Waals surface area contributed by atoms with E-state index in [2.05, 4.69) is 17.0 Å². The Morgan fingerprint density at radius 2 is 2.06 bits per heavy atom. The molecule has 0 spiro atoms. The van der Waals surface area contributed by atoms with Crippen molar-refractivity contribution in [1.82, 2.24) is 0 Å². The van der Waals surface area contributed by atoms with Crippen molar-refractivity contribution in [3.8, 4) is 5.75 Å². The third kappa shape index (κ3) is 2.46. The fourth-order valence-electron chi connectivity index (χ4n) is 2.08. The lowest BCUT2D eigenvalue weighted by molar-refractivity contribution is 0.0435. The number of anilines is 1. The Hall–Kier alpha value is -1.26. The van der Waals surface area contributed by atoms with Crippen LogP contribution in [0.25, 0.3) is 0 Å². The number of nitrogens with two attached hydrogens (primary N) is 1. The average molecular weight is 222 g/mol. The van der Waals surface area contributed by atoms with Crippen LogP contribution in [-0.4, -0.2) is 26.3 Å². The van der Waals surface area contributed by atoms with E-state index in [0.717, 1.165) is 31.7 Å². The Morgan fingerprint density at radius 3 is 2.69 bits per heavy atom. The topological polar surface area (TPSA) is 47.7 Å². The van der Waals surface area contributed by atoms with Gasteiger partial charge >= 0.3 is 0 Å². The molecule has 16 heavy (non-hydrogen) atoms. The maximum atomic E-state index is 5.24. The van der Waals surface area contributed by atoms with Crippen molar-refractivity contribution >= 4 is 5.69 Å². The largest absolute Gasteiger partial charge is 0.497 e. The summed E-state index contributed by atoms with van der Waals surface area (Å²) in [7, 11) is 1.67. The highest BCUT2D eigenvalue weighted by molar-refractivity contribution is 5.49. The first kappa shape index (κ1) is 11.2. The average Bonchev–Trinajstić information content (AvgIpc) is 2.39. The van der Waals surface area contributed by atoms with Crippen LogP contribution >= 0.6 is 0 Å². The predicted molar refractivity (Wildman–Crippen MR) is 63.5 cm³/mol. The monoisotopic (exact) mass is 222 g/mol. The fraction of sp³-hybridized carbons (Fsp3) is 0.500. The molecule has 0 radical (unpaired) electrons. The van der Waals surface area contributed by atoms with Crippen LogP contribution in [-0.2, 0) is 4.84 Å². The Balaban J connectivity index is 2.05. The molecule has 1 atom stereocenters. The Bertz CT molecular complexity index is 326. The van der Waals surface area contributed by atoms with E-state index in [0.29, 0.717) is 0 Å². The number of methoxy groups -OCH3 is 1. The van der Waals surface area contributed by atoms with Crippen molar-refractivity contribution in [2.75, 3.05) is 25.1 Å². The fourth-order valence-corrected chi connectivity index (χ4v) is 2.08. The molecule has 0 saturated carbocycles. The van der Waals surface area contributed by atoms with E-state index in [4.69, 9.17) is 15.5 Å². The first-order chi connectivity index (χ1) is 7.83. The molecule has 1 aliphatic rings. The van der Waals surface area contributed by atoms with Gasteiger partial charge in [0.1, 0.15) is 5.75 Å². The van der Waals surface area contributed by atoms with E-state index in [1.807, 2.05) is 12.1 Å². The standard InChI is InChI=1S/C12H18N2O2/c1-15-11-6-4-10(5-7-11)14-8-2-3-12(9-14)16-13/h4-7,12H,2-3,8-9,13H2,1H3. The van der Waals surface area contributed by atoms with Gasteiger partial charge in [0.25, 0.3) is 0 Å². The highest BCUT2D eigenvalue weighted by Gasteiger charge is 2.19. The van der Waals surface area contributed by atoms with Gasteiger partial charge in [0.15, 0.2) is 0 Å². The SMILES string of the molecule is COc1ccc(N2CCCC(ON)C2)cc1. The highest BCUT2D eigenvalue weighted by Crippen LogP contribution is 2.23. The quantitative estimate of drug-likeness (QED) is 0.788. The molecule has 4 heteroatoms. The summed E-state index contributed by atoms with van der Waals surface area (Å²) < 4.78 is 5.14. The molecule has 1 aliphatic heterocycles. The van der Waals surface area contributed by atoms with Crippen molar-refractivity contribution in [3.05, 3.63) is 24.3 Å². The second kappa shape index (κ2) is 5.18. The van der Waals surface area contributed by atoms with Crippen LogP contribution < -0.4 is 15.5 Å². The van der Waals surface area contributed by atoms with Gasteiger partial charge in [-0.05, 0) is 37.1 Å². The van der Waals surface area contributed by atoms with Crippen LogP contribution in [0, 0.1) is 0 Å². The second-order valence-corrected chi connectivity index (χ2v) is 4.04. The minimum absolute atomic E-state index is 0.149. The number of piperidine rings is 1. The number of rotatable bonds is 3. The van der Waals surface area contributed by atoms with Gasteiger partial charge in [0.05, 0.1) is 13.2 Å². The van der Waals surface area contributed by atoms with Crippen LogP contribution in [0.1, 0.15) is 12.8 Å². The summed E-state index contributed by atoms with van der Waals surface area (Å²) in [5.74, 6) is 6.12. The molecule has 1 aromatic carbocycles. The van der Waals surface area contributed by atoms with E-state index >= 15 is 0 Å². The zero-order valence-corrected chi connectivity index (χ0v) is 9.56. The summed E-state index contributed by atoms with van der Waals surface area (Å²) in [5.41, 5.74) is 1.20. The molecule has 88 valence electrons. The molecule has 0 bridgehead atoms. The number of nitrogens with zero attached hydrogens (tertiary/aromatic N) is 1. The summed E-state index contributed by atoms with van der Waals surface area (Å²) in [6.45, 7) is 1.93. The van der Waals surface area contributed by atoms with Crippen molar-refractivity contribution < 1.29 is 9.57 Å². The Morgan fingerprint density at radius 1 is 1.31 bits per heavy atom. The molecule has 0 aliphatic carbocycles. The van der Waals surface area contributed by atoms with Gasteiger partial charge in [-0.2, -0.15) is 0 Å². The first-order valence-corrected chi connectivity index (χ1v) is 5.58. The molecule has 1 saturated heterocycles. The summed E-state index contributed by atoms with van der Waals surface area (Å²) >= 11 is 0. The van der Waals surface area contributed by atoms with Gasteiger partial charge in [-0.1, -0.05) is 0 Å². The number of hydrogen-bond acceptors (Lipinski definition) is 4. The maximum absolute atomic E-state index is 5.24. The second-order valence-electron chi connectivity index (χ2n) is 4.04. The Kier molecular flexibility index (Phi) is 3.64. The van der Waals surface area contributed by atoms with E-state index in [1.165, 1.54) is 5.69 Å². The van der Waals surface area contributed by atoms with Gasteiger partial charge in [-0.3, -0.25) is 4.84 Å². The lowest BCUT2D eigenvalue weighted by Gasteiger charge is -2.33. The summed E-state index contributed by atoms with van der Waals surface area (Å²) in [6, 6.07) is 8.08. The van der Waals surface area contributed by atoms with Gasteiger partial charge in [0, 0.05) is 18.8 Å². The predicted octanol–water partition coefficient (Wildman–Crippen LogP) is 1.55. The molecular formula is C12H18N2O2. The maximum Gasteiger partial charge on any atom is 0.119 e. The van der Waals surface area contributed by atoms with Crippen molar-refractivity contribution in [1.29, 1.82) is 0 Å². The van der Waals surface area contributed by atoms with Crippen LogP contribution in [0.4, 0.5) is 5.69 Å². The third-order valence-corrected chi connectivity index (χ3v) is 3.01. The summed E-state index contributed by atoms with van der Waals surface area (Å²) in [5, 5.41) is 0. The third-order valence-electron chi connectivity index (χ3n) is 3.01. The zero-order valence-electron chi connectivity index (χ0n) is 9.56. The van der Waals surface area contributed by atoms with E-state index < -0.39 is 0 Å². The van der Waals surface area contributed by atoms with Gasteiger partial charge in [-0.25, -0.2) is 5.90 Å². The molecule has 2 rings (SSSR count). The van der Waals surface area contributed by atoms with E-state index in [9.17, 15) is 0 Å². The van der Waals surface area contributed by atoms with E-state index in [1.54, 1.807) is 7.11 Å². The van der Waals surface area contributed by atoms with Crippen LogP contribution in [0.2, 0.25) is 0 Å². The molecule has 1 heterocycles. The van der Waals surface area contributed by atoms with E-state index in [-0.39, 0.29) is 6.10 Å². The molecular weight excluding hydrogens is 204 g/mol. The smallest absolute Gasteiger partial charge is 0.119 e. The zero-order chi connectivity index (χ0) is 11.4. The van der Waals surface area contributed by atoms with Crippen molar-refractivity contribution in [2.24, 2.45) is 5.90 Å². The molecule has 2 N–H and O–H groups in total. The minimum atomic E-state index is 0.149. The lowest BCUT2D eigenvalue weighted by atomic mass is 10.1. The Labute approximate surface area is 95.9 Å². The molecule has 1 unspecified atom stereocenters. The van der Waals surface area contributed by atoms with Crippen LogP contribution in [0.3, 0.4) is 0 Å². The number of benzene rings is 1. The van der Waals surface area contributed by atoms with Crippen molar-refractivity contribution in [3.63, 3.8) is 0 Å². The molecule has 0 amide bonds. The number of hydrogen-bond donors (Lipinski definition) is 1. The van der Waals surface area contributed by atoms with Crippen molar-refractivity contribution in [2.45, 2.75) is 18.9 Å². The van der Waals surface area contributed by atoms with Crippen LogP contribution in [0.15, 0.2) is 24.3 Å². The first-order valence-electron chi connectivity index (χ1n) is 5.58. The molecule has 1 fully saturated rings.